The Morgan fingerprint density at radius 3 is 2.92 bits per heavy atom. The lowest BCUT2D eigenvalue weighted by molar-refractivity contribution is 0.181. The van der Waals surface area contributed by atoms with Crippen LogP contribution in [0, 0.1) is 12.8 Å². The van der Waals surface area contributed by atoms with Crippen molar-refractivity contribution in [2.24, 2.45) is 10.9 Å². The molecule has 1 atom stereocenters. The van der Waals surface area contributed by atoms with Crippen LogP contribution in [0.3, 0.4) is 0 Å². The lowest BCUT2D eigenvalue weighted by atomic mass is 10.0. The largest absolute Gasteiger partial charge is 0.357 e. The van der Waals surface area contributed by atoms with E-state index in [1.165, 1.54) is 48.8 Å². The first-order chi connectivity index (χ1) is 12.2. The molecule has 150 valence electrons. The van der Waals surface area contributed by atoms with Crippen LogP contribution in [0.15, 0.2) is 11.2 Å². The van der Waals surface area contributed by atoms with Crippen LogP contribution >= 0.6 is 35.3 Å². The van der Waals surface area contributed by atoms with Gasteiger partial charge in [-0.05, 0) is 58.5 Å². The number of guanidine groups is 1. The number of thiazole rings is 1. The fraction of sp³-hybridized carbons (Fsp3) is 0.789. The van der Waals surface area contributed by atoms with Crippen LogP contribution in [0.25, 0.3) is 0 Å². The first kappa shape index (κ1) is 23.6. The predicted octanol–water partition coefficient (Wildman–Crippen LogP) is 3.68. The third kappa shape index (κ3) is 9.50. The number of nitrogens with one attached hydrogen (secondary N) is 2. The molecule has 2 heterocycles. The number of hydrogen-bond acceptors (Lipinski definition) is 4. The van der Waals surface area contributed by atoms with Crippen LogP contribution in [0.4, 0.5) is 0 Å². The van der Waals surface area contributed by atoms with Crippen LogP contribution in [0.2, 0.25) is 0 Å². The van der Waals surface area contributed by atoms with E-state index < -0.39 is 0 Å². The van der Waals surface area contributed by atoms with Gasteiger partial charge in [-0.2, -0.15) is 0 Å². The second kappa shape index (κ2) is 13.7. The number of halogens is 1. The lowest BCUT2D eigenvalue weighted by Crippen LogP contribution is -2.38. The molecule has 1 fully saturated rings. The summed E-state index contributed by atoms with van der Waals surface area (Å²) in [5, 5.41) is 7.94. The highest BCUT2D eigenvalue weighted by Gasteiger charge is 2.15. The predicted molar refractivity (Wildman–Crippen MR) is 124 cm³/mol. The third-order valence-corrected chi connectivity index (χ3v) is 5.51. The van der Waals surface area contributed by atoms with Crippen LogP contribution in [0.1, 0.15) is 49.4 Å². The van der Waals surface area contributed by atoms with Crippen LogP contribution in [0.5, 0.6) is 0 Å². The molecule has 5 nitrogen and oxygen atoms in total. The lowest BCUT2D eigenvalue weighted by Gasteiger charge is -2.30. The molecule has 7 heteroatoms. The first-order valence-electron chi connectivity index (χ1n) is 9.83. The van der Waals surface area contributed by atoms with Gasteiger partial charge in [-0.1, -0.05) is 6.92 Å². The minimum Gasteiger partial charge on any atom is -0.357 e. The highest BCUT2D eigenvalue weighted by atomic mass is 127. The van der Waals surface area contributed by atoms with Gasteiger partial charge in [0.2, 0.25) is 0 Å². The summed E-state index contributed by atoms with van der Waals surface area (Å²) in [6, 6.07) is 0. The van der Waals surface area contributed by atoms with Crippen molar-refractivity contribution in [3.8, 4) is 0 Å². The number of aryl methyl sites for hydroxylation is 1. The minimum absolute atomic E-state index is 0. The Kier molecular flexibility index (Phi) is 12.5. The van der Waals surface area contributed by atoms with E-state index in [-0.39, 0.29) is 24.0 Å². The Morgan fingerprint density at radius 2 is 2.23 bits per heavy atom. The average molecular weight is 494 g/mol. The molecule has 1 aromatic rings. The van der Waals surface area contributed by atoms with Crippen molar-refractivity contribution in [3.05, 3.63) is 16.1 Å². The zero-order valence-electron chi connectivity index (χ0n) is 16.6. The Hall–Kier alpha value is -0.410. The van der Waals surface area contributed by atoms with E-state index >= 15 is 0 Å². The molecule has 1 unspecified atom stereocenters. The number of nitrogens with zero attached hydrogens (tertiary/aromatic N) is 3. The Morgan fingerprint density at radius 1 is 1.38 bits per heavy atom. The van der Waals surface area contributed by atoms with Gasteiger partial charge < -0.3 is 15.5 Å². The molecular weight excluding hydrogens is 457 g/mol. The number of aromatic nitrogens is 1. The molecule has 1 aliphatic rings. The Balaban J connectivity index is 0.00000338. The van der Waals surface area contributed by atoms with Gasteiger partial charge in [-0.15, -0.1) is 35.3 Å². The van der Waals surface area contributed by atoms with Gasteiger partial charge in [-0.25, -0.2) is 4.98 Å². The minimum atomic E-state index is 0. The van der Waals surface area contributed by atoms with Crippen LogP contribution in [-0.2, 0) is 6.42 Å². The highest BCUT2D eigenvalue weighted by molar-refractivity contribution is 14.0. The van der Waals surface area contributed by atoms with Crippen molar-refractivity contribution >= 4 is 41.3 Å². The second-order valence-electron chi connectivity index (χ2n) is 7.06. The van der Waals surface area contributed by atoms with Crippen molar-refractivity contribution in [2.45, 2.75) is 52.9 Å². The summed E-state index contributed by atoms with van der Waals surface area (Å²) in [4.78, 5) is 13.0. The van der Waals surface area contributed by atoms with Gasteiger partial charge in [0.15, 0.2) is 5.96 Å². The molecule has 0 aromatic carbocycles. The second-order valence-corrected chi connectivity index (χ2v) is 8.38. The molecule has 1 saturated heterocycles. The smallest absolute Gasteiger partial charge is 0.191 e. The number of aliphatic imine (C=N–C) groups is 1. The van der Waals surface area contributed by atoms with Crippen molar-refractivity contribution in [1.29, 1.82) is 0 Å². The van der Waals surface area contributed by atoms with Gasteiger partial charge in [0.05, 0.1) is 5.01 Å². The number of piperidine rings is 1. The summed E-state index contributed by atoms with van der Waals surface area (Å²) in [6.07, 6.45) is 8.07. The van der Waals surface area contributed by atoms with E-state index in [2.05, 4.69) is 41.3 Å². The van der Waals surface area contributed by atoms with Crippen molar-refractivity contribution < 1.29 is 0 Å². The van der Waals surface area contributed by atoms with E-state index in [1.807, 2.05) is 6.20 Å². The van der Waals surface area contributed by atoms with E-state index in [9.17, 15) is 0 Å². The fourth-order valence-electron chi connectivity index (χ4n) is 3.27. The first-order valence-corrected chi connectivity index (χ1v) is 10.6. The zero-order valence-corrected chi connectivity index (χ0v) is 19.7. The highest BCUT2D eigenvalue weighted by Crippen LogP contribution is 2.15. The van der Waals surface area contributed by atoms with Crippen molar-refractivity contribution in [3.63, 3.8) is 0 Å². The monoisotopic (exact) mass is 493 g/mol. The molecule has 0 saturated carbocycles. The molecule has 1 aromatic heterocycles. The van der Waals surface area contributed by atoms with Crippen LogP contribution < -0.4 is 10.6 Å². The Labute approximate surface area is 180 Å². The maximum atomic E-state index is 4.71. The fourth-order valence-corrected chi connectivity index (χ4v) is 4.06. The summed E-state index contributed by atoms with van der Waals surface area (Å²) >= 11 is 1.77. The maximum absolute atomic E-state index is 4.71. The number of hydrogen-bond donors (Lipinski definition) is 2. The molecular formula is C19H36IN5S. The number of unbranched alkanes of at least 4 members (excludes halogenated alkanes) is 1. The van der Waals surface area contributed by atoms with Crippen molar-refractivity contribution in [1.82, 2.24) is 20.5 Å². The van der Waals surface area contributed by atoms with E-state index in [0.29, 0.717) is 0 Å². The molecule has 0 aliphatic carbocycles. The van der Waals surface area contributed by atoms with Gasteiger partial charge in [0, 0.05) is 43.7 Å². The molecule has 1 aliphatic heterocycles. The van der Waals surface area contributed by atoms with E-state index in [0.717, 1.165) is 44.4 Å². The number of rotatable bonds is 9. The van der Waals surface area contributed by atoms with E-state index in [4.69, 9.17) is 4.99 Å². The summed E-state index contributed by atoms with van der Waals surface area (Å²) in [5.41, 5.74) is 0. The normalized spacial score (nSPS) is 18.4. The summed E-state index contributed by atoms with van der Waals surface area (Å²) in [7, 11) is 0. The van der Waals surface area contributed by atoms with E-state index in [1.54, 1.807) is 11.3 Å². The van der Waals surface area contributed by atoms with Gasteiger partial charge >= 0.3 is 0 Å². The summed E-state index contributed by atoms with van der Waals surface area (Å²) in [5.74, 6) is 1.81. The molecule has 0 spiro atoms. The molecule has 0 radical (unpaired) electrons. The topological polar surface area (TPSA) is 52.6 Å². The Bertz CT molecular complexity index is 520. The molecule has 0 bridgehead atoms. The van der Waals surface area contributed by atoms with Gasteiger partial charge in [0.25, 0.3) is 0 Å². The summed E-state index contributed by atoms with van der Waals surface area (Å²) < 4.78 is 0. The van der Waals surface area contributed by atoms with Crippen molar-refractivity contribution in [2.75, 3.05) is 39.3 Å². The SMILES string of the molecule is CCNC(=NCCCCN1CCCC(C)C1)NCCc1ncc(C)s1.I. The van der Waals surface area contributed by atoms with Gasteiger partial charge in [0.1, 0.15) is 0 Å². The molecule has 2 rings (SSSR count). The molecule has 26 heavy (non-hydrogen) atoms. The maximum Gasteiger partial charge on any atom is 0.191 e. The van der Waals surface area contributed by atoms with Gasteiger partial charge in [-0.3, -0.25) is 4.99 Å². The average Bonchev–Trinajstić information content (AvgIpc) is 3.00. The zero-order chi connectivity index (χ0) is 17.9. The van der Waals surface area contributed by atoms with Crippen LogP contribution in [-0.4, -0.2) is 55.1 Å². The summed E-state index contributed by atoms with van der Waals surface area (Å²) in [6.45, 7) is 13.1. The molecule has 0 amide bonds. The standard InChI is InChI=1S/C19H35N5S.HI/c1-4-20-19(22-11-9-18-23-14-17(3)25-18)21-10-5-6-12-24-13-7-8-16(2)15-24;/h14,16H,4-13,15H2,1-3H3,(H2,20,21,22);1H. The number of likely N-dealkylation sites (tertiary alicyclic amines) is 1. The quantitative estimate of drug-likeness (QED) is 0.239. The third-order valence-electron chi connectivity index (χ3n) is 4.54. The molecule has 2 N–H and O–H groups in total.